The molecule has 1 fully saturated rings. The highest BCUT2D eigenvalue weighted by Crippen LogP contribution is 2.24. The Bertz CT molecular complexity index is 770. The molecule has 0 atom stereocenters. The number of aromatic nitrogens is 1. The van der Waals surface area contributed by atoms with E-state index in [-0.39, 0.29) is 5.82 Å². The maximum Gasteiger partial charge on any atom is 0.123 e. The van der Waals surface area contributed by atoms with Crippen molar-refractivity contribution < 1.29 is 4.39 Å². The highest BCUT2D eigenvalue weighted by atomic mass is 19.1. The van der Waals surface area contributed by atoms with Crippen LogP contribution in [-0.2, 0) is 0 Å². The van der Waals surface area contributed by atoms with Gasteiger partial charge in [-0.25, -0.2) is 4.39 Å². The van der Waals surface area contributed by atoms with Crippen LogP contribution >= 0.6 is 0 Å². The standard InChI is InChI=1S/C18H18FN3/c19-15-1-3-16(4-2-15)21-9-11-22(12-10-21)17-5-6-18-14(13-17)7-8-20-18/h1-8,13,20H,9-12H2. The molecule has 1 saturated heterocycles. The van der Waals surface area contributed by atoms with E-state index in [9.17, 15) is 4.39 Å². The molecule has 0 bridgehead atoms. The summed E-state index contributed by atoms with van der Waals surface area (Å²) in [5, 5.41) is 1.25. The summed E-state index contributed by atoms with van der Waals surface area (Å²) >= 11 is 0. The lowest BCUT2D eigenvalue weighted by molar-refractivity contribution is 0.625. The van der Waals surface area contributed by atoms with Crippen molar-refractivity contribution in [3.8, 4) is 0 Å². The number of halogens is 1. The Morgan fingerprint density at radius 1 is 0.773 bits per heavy atom. The highest BCUT2D eigenvalue weighted by Gasteiger charge is 2.17. The van der Waals surface area contributed by atoms with Gasteiger partial charge in [-0.1, -0.05) is 0 Å². The fourth-order valence-electron chi connectivity index (χ4n) is 3.11. The Hall–Kier alpha value is -2.49. The smallest absolute Gasteiger partial charge is 0.123 e. The van der Waals surface area contributed by atoms with E-state index in [1.54, 1.807) is 0 Å². The molecule has 1 aliphatic rings. The molecule has 0 aliphatic carbocycles. The first-order valence-corrected chi connectivity index (χ1v) is 7.62. The van der Waals surface area contributed by atoms with Crippen LogP contribution in [0.4, 0.5) is 15.8 Å². The summed E-state index contributed by atoms with van der Waals surface area (Å²) in [4.78, 5) is 7.94. The van der Waals surface area contributed by atoms with E-state index in [1.165, 1.54) is 28.7 Å². The van der Waals surface area contributed by atoms with E-state index < -0.39 is 0 Å². The number of nitrogens with one attached hydrogen (secondary N) is 1. The fraction of sp³-hybridized carbons (Fsp3) is 0.222. The predicted molar refractivity (Wildman–Crippen MR) is 89.1 cm³/mol. The number of aromatic amines is 1. The Labute approximate surface area is 129 Å². The predicted octanol–water partition coefficient (Wildman–Crippen LogP) is 3.63. The van der Waals surface area contributed by atoms with Crippen LogP contribution < -0.4 is 9.80 Å². The fourth-order valence-corrected chi connectivity index (χ4v) is 3.11. The van der Waals surface area contributed by atoms with Gasteiger partial charge in [0.1, 0.15) is 5.82 Å². The van der Waals surface area contributed by atoms with Gasteiger partial charge in [-0.3, -0.25) is 0 Å². The first-order chi connectivity index (χ1) is 10.8. The summed E-state index contributed by atoms with van der Waals surface area (Å²) in [6.07, 6.45) is 1.97. The summed E-state index contributed by atoms with van der Waals surface area (Å²) in [5.74, 6) is -0.179. The summed E-state index contributed by atoms with van der Waals surface area (Å²) < 4.78 is 13.0. The van der Waals surface area contributed by atoms with Gasteiger partial charge in [0, 0.05) is 54.7 Å². The number of fused-ring (bicyclic) bond motifs is 1. The second-order valence-corrected chi connectivity index (χ2v) is 5.70. The van der Waals surface area contributed by atoms with Gasteiger partial charge in [-0.15, -0.1) is 0 Å². The van der Waals surface area contributed by atoms with Crippen molar-refractivity contribution in [3.05, 3.63) is 60.5 Å². The van der Waals surface area contributed by atoms with Crippen LogP contribution in [-0.4, -0.2) is 31.2 Å². The zero-order valence-corrected chi connectivity index (χ0v) is 12.3. The van der Waals surface area contributed by atoms with E-state index in [0.717, 1.165) is 31.9 Å². The van der Waals surface area contributed by atoms with E-state index in [1.807, 2.05) is 18.3 Å². The zero-order chi connectivity index (χ0) is 14.9. The molecule has 3 aromatic rings. The number of rotatable bonds is 2. The molecule has 22 heavy (non-hydrogen) atoms. The molecule has 112 valence electrons. The molecule has 0 amide bonds. The lowest BCUT2D eigenvalue weighted by atomic mass is 10.2. The maximum absolute atomic E-state index is 13.0. The number of hydrogen-bond donors (Lipinski definition) is 1. The van der Waals surface area contributed by atoms with Crippen LogP contribution in [0.25, 0.3) is 10.9 Å². The van der Waals surface area contributed by atoms with Crippen molar-refractivity contribution in [2.45, 2.75) is 0 Å². The third kappa shape index (κ3) is 2.41. The molecule has 4 rings (SSSR count). The summed E-state index contributed by atoms with van der Waals surface area (Å²) in [6, 6.07) is 15.4. The average molecular weight is 295 g/mol. The minimum absolute atomic E-state index is 0.179. The minimum atomic E-state index is -0.179. The average Bonchev–Trinajstić information content (AvgIpc) is 3.03. The lowest BCUT2D eigenvalue weighted by Crippen LogP contribution is -2.46. The number of anilines is 2. The Morgan fingerprint density at radius 2 is 1.41 bits per heavy atom. The molecule has 0 spiro atoms. The minimum Gasteiger partial charge on any atom is -0.368 e. The van der Waals surface area contributed by atoms with Crippen LogP contribution in [0.3, 0.4) is 0 Å². The topological polar surface area (TPSA) is 22.3 Å². The first kappa shape index (κ1) is 13.2. The number of hydrogen-bond acceptors (Lipinski definition) is 2. The van der Waals surface area contributed by atoms with Gasteiger partial charge in [0.15, 0.2) is 0 Å². The molecule has 2 heterocycles. The zero-order valence-electron chi connectivity index (χ0n) is 12.3. The van der Waals surface area contributed by atoms with Crippen molar-refractivity contribution in [1.82, 2.24) is 4.98 Å². The van der Waals surface area contributed by atoms with Crippen LogP contribution in [0.1, 0.15) is 0 Å². The van der Waals surface area contributed by atoms with Gasteiger partial charge in [-0.05, 0) is 48.5 Å². The van der Waals surface area contributed by atoms with Gasteiger partial charge in [-0.2, -0.15) is 0 Å². The molecule has 1 aromatic heterocycles. The van der Waals surface area contributed by atoms with Crippen LogP contribution in [0.5, 0.6) is 0 Å². The molecule has 1 N–H and O–H groups in total. The van der Waals surface area contributed by atoms with Crippen molar-refractivity contribution in [2.24, 2.45) is 0 Å². The molecule has 3 nitrogen and oxygen atoms in total. The molecule has 1 aliphatic heterocycles. The number of nitrogens with zero attached hydrogens (tertiary/aromatic N) is 2. The molecule has 0 saturated carbocycles. The second kappa shape index (κ2) is 5.37. The molecular formula is C18H18FN3. The number of piperazine rings is 1. The summed E-state index contributed by atoms with van der Waals surface area (Å²) in [7, 11) is 0. The van der Waals surface area contributed by atoms with E-state index in [0.29, 0.717) is 0 Å². The van der Waals surface area contributed by atoms with E-state index >= 15 is 0 Å². The van der Waals surface area contributed by atoms with E-state index in [2.05, 4.69) is 39.0 Å². The second-order valence-electron chi connectivity index (χ2n) is 5.70. The van der Waals surface area contributed by atoms with Crippen LogP contribution in [0.2, 0.25) is 0 Å². The lowest BCUT2D eigenvalue weighted by Gasteiger charge is -2.37. The van der Waals surface area contributed by atoms with Crippen molar-refractivity contribution >= 4 is 22.3 Å². The van der Waals surface area contributed by atoms with Crippen molar-refractivity contribution in [3.63, 3.8) is 0 Å². The molecule has 2 aromatic carbocycles. The normalized spacial score (nSPS) is 15.5. The van der Waals surface area contributed by atoms with Gasteiger partial charge in [0.05, 0.1) is 0 Å². The van der Waals surface area contributed by atoms with Gasteiger partial charge >= 0.3 is 0 Å². The Morgan fingerprint density at radius 3 is 2.14 bits per heavy atom. The molecular weight excluding hydrogens is 277 g/mol. The van der Waals surface area contributed by atoms with Gasteiger partial charge in [0.2, 0.25) is 0 Å². The van der Waals surface area contributed by atoms with E-state index in [4.69, 9.17) is 0 Å². The molecule has 0 unspecified atom stereocenters. The third-order valence-corrected chi connectivity index (χ3v) is 4.37. The van der Waals surface area contributed by atoms with Crippen LogP contribution in [0, 0.1) is 5.82 Å². The third-order valence-electron chi connectivity index (χ3n) is 4.37. The highest BCUT2D eigenvalue weighted by molar-refractivity contribution is 5.83. The van der Waals surface area contributed by atoms with Crippen LogP contribution in [0.15, 0.2) is 54.7 Å². The van der Waals surface area contributed by atoms with Gasteiger partial charge < -0.3 is 14.8 Å². The monoisotopic (exact) mass is 295 g/mol. The SMILES string of the molecule is Fc1ccc(N2CCN(c3ccc4[nH]ccc4c3)CC2)cc1. The Balaban J connectivity index is 1.47. The number of H-pyrrole nitrogens is 1. The number of benzene rings is 2. The summed E-state index contributed by atoms with van der Waals surface area (Å²) in [5.41, 5.74) is 3.54. The van der Waals surface area contributed by atoms with Crippen molar-refractivity contribution in [1.29, 1.82) is 0 Å². The molecule has 0 radical (unpaired) electrons. The molecule has 4 heteroatoms. The first-order valence-electron chi connectivity index (χ1n) is 7.62. The largest absolute Gasteiger partial charge is 0.368 e. The van der Waals surface area contributed by atoms with Gasteiger partial charge in [0.25, 0.3) is 0 Å². The van der Waals surface area contributed by atoms with Crippen molar-refractivity contribution in [2.75, 3.05) is 36.0 Å². The Kier molecular flexibility index (Phi) is 3.22. The quantitative estimate of drug-likeness (QED) is 0.780. The maximum atomic E-state index is 13.0. The summed E-state index contributed by atoms with van der Waals surface area (Å²) in [6.45, 7) is 3.87.